The minimum absolute atomic E-state index is 0.195. The van der Waals surface area contributed by atoms with E-state index in [9.17, 15) is 4.79 Å². The fraction of sp³-hybridized carbons (Fsp3) is 0.357. The molecule has 96 valence electrons. The number of terminal acetylenes is 1. The molecule has 4 heteroatoms. The molecule has 18 heavy (non-hydrogen) atoms. The van der Waals surface area contributed by atoms with Crippen LogP contribution in [0, 0.1) is 12.3 Å². The van der Waals surface area contributed by atoms with Gasteiger partial charge in [0.2, 0.25) is 0 Å². The van der Waals surface area contributed by atoms with E-state index in [4.69, 9.17) is 16.9 Å². The molecular formula is C14H18N2O2. The number of carbonyl (C=O) groups excluding carboxylic acids is 1. The number of anilines is 1. The summed E-state index contributed by atoms with van der Waals surface area (Å²) in [4.78, 5) is 11.8. The van der Waals surface area contributed by atoms with Gasteiger partial charge in [0, 0.05) is 30.0 Å². The molecular weight excluding hydrogens is 228 g/mol. The van der Waals surface area contributed by atoms with E-state index in [2.05, 4.69) is 11.2 Å². The Bertz CT molecular complexity index is 450. The van der Waals surface area contributed by atoms with Crippen LogP contribution in [0.25, 0.3) is 0 Å². The lowest BCUT2D eigenvalue weighted by Crippen LogP contribution is -2.27. The van der Waals surface area contributed by atoms with Crippen LogP contribution in [0.3, 0.4) is 0 Å². The highest BCUT2D eigenvalue weighted by Gasteiger charge is 2.06. The maximum absolute atomic E-state index is 11.8. The second-order valence-electron chi connectivity index (χ2n) is 3.86. The minimum atomic E-state index is -0.195. The Morgan fingerprint density at radius 1 is 1.44 bits per heavy atom. The van der Waals surface area contributed by atoms with Gasteiger partial charge in [0.1, 0.15) is 0 Å². The van der Waals surface area contributed by atoms with Gasteiger partial charge in [-0.3, -0.25) is 4.79 Å². The van der Waals surface area contributed by atoms with Crippen LogP contribution in [0.2, 0.25) is 0 Å². The summed E-state index contributed by atoms with van der Waals surface area (Å²) in [5.74, 6) is 2.27. The third-order valence-electron chi connectivity index (χ3n) is 2.26. The van der Waals surface area contributed by atoms with Crippen molar-refractivity contribution in [1.82, 2.24) is 5.32 Å². The summed E-state index contributed by atoms with van der Waals surface area (Å²) in [6.07, 6.45) is 6.25. The molecule has 0 saturated carbocycles. The SMILES string of the molecule is C#Cc1cc(N)cc(C(=O)NCCOCCC)c1. The number of nitrogen functional groups attached to an aromatic ring is 1. The Morgan fingerprint density at radius 2 is 2.22 bits per heavy atom. The van der Waals surface area contributed by atoms with Crippen molar-refractivity contribution in [2.24, 2.45) is 0 Å². The lowest BCUT2D eigenvalue weighted by Gasteiger charge is -2.07. The highest BCUT2D eigenvalue weighted by Crippen LogP contribution is 2.11. The van der Waals surface area contributed by atoms with Crippen LogP contribution < -0.4 is 11.1 Å². The second-order valence-corrected chi connectivity index (χ2v) is 3.86. The zero-order chi connectivity index (χ0) is 13.4. The summed E-state index contributed by atoms with van der Waals surface area (Å²) >= 11 is 0. The third-order valence-corrected chi connectivity index (χ3v) is 2.26. The first-order chi connectivity index (χ1) is 8.67. The van der Waals surface area contributed by atoms with Crippen molar-refractivity contribution in [3.05, 3.63) is 29.3 Å². The van der Waals surface area contributed by atoms with Gasteiger partial charge >= 0.3 is 0 Å². The molecule has 0 saturated heterocycles. The monoisotopic (exact) mass is 246 g/mol. The van der Waals surface area contributed by atoms with Gasteiger partial charge in [-0.25, -0.2) is 0 Å². The molecule has 0 bridgehead atoms. The maximum atomic E-state index is 11.8. The van der Waals surface area contributed by atoms with Gasteiger partial charge in [0.15, 0.2) is 0 Å². The number of nitrogens with two attached hydrogens (primary N) is 1. The molecule has 0 fully saturated rings. The zero-order valence-corrected chi connectivity index (χ0v) is 10.5. The van der Waals surface area contributed by atoms with E-state index in [0.29, 0.717) is 36.6 Å². The molecule has 0 aliphatic heterocycles. The van der Waals surface area contributed by atoms with Gasteiger partial charge in [-0.15, -0.1) is 6.42 Å². The van der Waals surface area contributed by atoms with Gasteiger partial charge in [-0.2, -0.15) is 0 Å². The van der Waals surface area contributed by atoms with Gasteiger partial charge in [-0.05, 0) is 24.6 Å². The van der Waals surface area contributed by atoms with Crippen LogP contribution in [0.1, 0.15) is 29.3 Å². The highest BCUT2D eigenvalue weighted by atomic mass is 16.5. The average Bonchev–Trinajstić information content (AvgIpc) is 2.37. The van der Waals surface area contributed by atoms with Crippen molar-refractivity contribution in [3.63, 3.8) is 0 Å². The number of rotatable bonds is 6. The van der Waals surface area contributed by atoms with Gasteiger partial charge in [0.25, 0.3) is 5.91 Å². The van der Waals surface area contributed by atoms with Gasteiger partial charge < -0.3 is 15.8 Å². The number of ether oxygens (including phenoxy) is 1. The summed E-state index contributed by atoms with van der Waals surface area (Å²) in [6, 6.07) is 4.89. The molecule has 0 unspecified atom stereocenters. The smallest absolute Gasteiger partial charge is 0.251 e. The zero-order valence-electron chi connectivity index (χ0n) is 10.5. The summed E-state index contributed by atoms with van der Waals surface area (Å²) in [7, 11) is 0. The predicted molar refractivity (Wildman–Crippen MR) is 72.2 cm³/mol. The molecule has 4 nitrogen and oxygen atoms in total. The van der Waals surface area contributed by atoms with Crippen molar-refractivity contribution in [1.29, 1.82) is 0 Å². The molecule has 0 aliphatic carbocycles. The average molecular weight is 246 g/mol. The third kappa shape index (κ3) is 4.48. The molecule has 0 spiro atoms. The standard InChI is InChI=1S/C14H18N2O2/c1-3-6-18-7-5-16-14(17)12-8-11(4-2)9-13(15)10-12/h2,8-10H,3,5-7,15H2,1H3,(H,16,17). The molecule has 1 aromatic carbocycles. The van der Waals surface area contributed by atoms with Crippen LogP contribution in [0.4, 0.5) is 5.69 Å². The largest absolute Gasteiger partial charge is 0.399 e. The Morgan fingerprint density at radius 3 is 2.89 bits per heavy atom. The molecule has 3 N–H and O–H groups in total. The molecule has 0 atom stereocenters. The minimum Gasteiger partial charge on any atom is -0.399 e. The molecule has 0 aromatic heterocycles. The van der Waals surface area contributed by atoms with Gasteiger partial charge in [-0.1, -0.05) is 12.8 Å². The van der Waals surface area contributed by atoms with Crippen LogP contribution in [-0.2, 0) is 4.74 Å². The topological polar surface area (TPSA) is 64.4 Å². The van der Waals surface area contributed by atoms with E-state index in [-0.39, 0.29) is 5.91 Å². The van der Waals surface area contributed by atoms with Crippen molar-refractivity contribution in [2.75, 3.05) is 25.5 Å². The quantitative estimate of drug-likeness (QED) is 0.453. The van der Waals surface area contributed by atoms with Crippen molar-refractivity contribution in [3.8, 4) is 12.3 Å². The van der Waals surface area contributed by atoms with Gasteiger partial charge in [0.05, 0.1) is 6.61 Å². The lowest BCUT2D eigenvalue weighted by atomic mass is 10.1. The predicted octanol–water partition coefficient (Wildman–Crippen LogP) is 1.41. The van der Waals surface area contributed by atoms with E-state index in [0.717, 1.165) is 6.42 Å². The second kappa shape index (κ2) is 7.36. The summed E-state index contributed by atoms with van der Waals surface area (Å²) in [6.45, 7) is 3.71. The number of benzene rings is 1. The molecule has 1 rings (SSSR count). The number of carbonyl (C=O) groups is 1. The van der Waals surface area contributed by atoms with E-state index in [1.165, 1.54) is 0 Å². The van der Waals surface area contributed by atoms with Crippen LogP contribution in [-0.4, -0.2) is 25.7 Å². The molecule has 0 aliphatic rings. The van der Waals surface area contributed by atoms with E-state index < -0.39 is 0 Å². The first-order valence-electron chi connectivity index (χ1n) is 5.90. The molecule has 0 radical (unpaired) electrons. The first-order valence-corrected chi connectivity index (χ1v) is 5.90. The molecule has 1 amide bonds. The fourth-order valence-corrected chi connectivity index (χ4v) is 1.45. The fourth-order valence-electron chi connectivity index (χ4n) is 1.45. The summed E-state index contributed by atoms with van der Waals surface area (Å²) in [5.41, 5.74) is 7.22. The van der Waals surface area contributed by atoms with Crippen molar-refractivity contribution < 1.29 is 9.53 Å². The maximum Gasteiger partial charge on any atom is 0.251 e. The van der Waals surface area contributed by atoms with Crippen LogP contribution >= 0.6 is 0 Å². The number of amides is 1. The summed E-state index contributed by atoms with van der Waals surface area (Å²) < 4.78 is 5.27. The normalized spacial score (nSPS) is 9.78. The van der Waals surface area contributed by atoms with E-state index in [1.807, 2.05) is 6.92 Å². The highest BCUT2D eigenvalue weighted by molar-refractivity contribution is 5.95. The molecule has 0 heterocycles. The van der Waals surface area contributed by atoms with Crippen molar-refractivity contribution >= 4 is 11.6 Å². The first kappa shape index (κ1) is 14.1. The molecule has 1 aromatic rings. The number of hydrogen-bond acceptors (Lipinski definition) is 3. The lowest BCUT2D eigenvalue weighted by molar-refractivity contribution is 0.0915. The Labute approximate surface area is 108 Å². The summed E-state index contributed by atoms with van der Waals surface area (Å²) in [5, 5.41) is 2.75. The Balaban J connectivity index is 2.51. The van der Waals surface area contributed by atoms with Crippen LogP contribution in [0.15, 0.2) is 18.2 Å². The number of hydrogen-bond donors (Lipinski definition) is 2. The van der Waals surface area contributed by atoms with E-state index >= 15 is 0 Å². The van der Waals surface area contributed by atoms with E-state index in [1.54, 1.807) is 18.2 Å². The van der Waals surface area contributed by atoms with Crippen LogP contribution in [0.5, 0.6) is 0 Å². The Hall–Kier alpha value is -1.99. The number of nitrogens with one attached hydrogen (secondary N) is 1. The Kier molecular flexibility index (Phi) is 5.75. The van der Waals surface area contributed by atoms with Crippen molar-refractivity contribution in [2.45, 2.75) is 13.3 Å².